The fourth-order valence-electron chi connectivity index (χ4n) is 3.20. The Balaban J connectivity index is 1.35. The van der Waals surface area contributed by atoms with E-state index in [0.717, 1.165) is 49.9 Å². The first-order valence-electron chi connectivity index (χ1n) is 9.81. The molecule has 0 aliphatic carbocycles. The molecule has 4 rings (SSSR count). The molecule has 2 aromatic carbocycles. The predicted molar refractivity (Wildman–Crippen MR) is 117 cm³/mol. The minimum Gasteiger partial charge on any atom is -0.495 e. The second-order valence-electron chi connectivity index (χ2n) is 6.83. The zero-order chi connectivity index (χ0) is 20.8. The topological polar surface area (TPSA) is 55.8 Å². The molecule has 1 fully saturated rings. The lowest BCUT2D eigenvalue weighted by molar-refractivity contribution is 0.0322. The standard InChI is InChI=1S/C22H24FN3O3S/c1-27-21-7-4-17(23)14-19(21)24-22-25-20(15-30-22)16-2-5-18(6-3-16)29-13-10-26-8-11-28-12-9-26/h2-7,14-15H,8-13H2,1H3,(H,24,25). The Morgan fingerprint density at radius 1 is 1.17 bits per heavy atom. The van der Waals surface area contributed by atoms with Crippen molar-refractivity contribution in [2.24, 2.45) is 0 Å². The van der Waals surface area contributed by atoms with Crippen LogP contribution >= 0.6 is 11.3 Å². The number of aromatic nitrogens is 1. The summed E-state index contributed by atoms with van der Waals surface area (Å²) in [5, 5.41) is 5.76. The summed E-state index contributed by atoms with van der Waals surface area (Å²) in [7, 11) is 1.55. The molecule has 0 bridgehead atoms. The van der Waals surface area contributed by atoms with E-state index >= 15 is 0 Å². The number of anilines is 2. The van der Waals surface area contributed by atoms with Crippen LogP contribution in [0, 0.1) is 5.82 Å². The van der Waals surface area contributed by atoms with E-state index < -0.39 is 0 Å². The van der Waals surface area contributed by atoms with E-state index in [1.807, 2.05) is 29.6 Å². The molecule has 6 nitrogen and oxygen atoms in total. The Morgan fingerprint density at radius 3 is 2.73 bits per heavy atom. The molecule has 0 atom stereocenters. The van der Waals surface area contributed by atoms with Crippen LogP contribution in [-0.2, 0) is 4.74 Å². The van der Waals surface area contributed by atoms with E-state index in [9.17, 15) is 4.39 Å². The van der Waals surface area contributed by atoms with Gasteiger partial charge < -0.3 is 19.5 Å². The molecule has 1 aliphatic rings. The predicted octanol–water partition coefficient (Wildman–Crippen LogP) is 4.41. The maximum Gasteiger partial charge on any atom is 0.187 e. The second-order valence-corrected chi connectivity index (χ2v) is 7.69. The molecular formula is C22H24FN3O3S. The lowest BCUT2D eigenvalue weighted by atomic mass is 10.2. The first kappa shape index (κ1) is 20.6. The van der Waals surface area contributed by atoms with Gasteiger partial charge in [0.05, 0.1) is 31.7 Å². The SMILES string of the molecule is COc1ccc(F)cc1Nc1nc(-c2ccc(OCCN3CCOCC3)cc2)cs1. The highest BCUT2D eigenvalue weighted by atomic mass is 32.1. The number of ether oxygens (including phenoxy) is 3. The van der Waals surface area contributed by atoms with Gasteiger partial charge in [0.1, 0.15) is 23.9 Å². The van der Waals surface area contributed by atoms with Crippen molar-refractivity contribution in [1.29, 1.82) is 0 Å². The molecule has 0 amide bonds. The second kappa shape index (κ2) is 9.88. The molecular weight excluding hydrogens is 405 g/mol. The van der Waals surface area contributed by atoms with Gasteiger partial charge in [-0.05, 0) is 36.4 Å². The normalized spacial score (nSPS) is 14.5. The first-order chi connectivity index (χ1) is 14.7. The van der Waals surface area contributed by atoms with Crippen molar-refractivity contribution in [3.05, 3.63) is 53.7 Å². The highest BCUT2D eigenvalue weighted by Crippen LogP contribution is 2.32. The van der Waals surface area contributed by atoms with Crippen molar-refractivity contribution < 1.29 is 18.6 Å². The third kappa shape index (κ3) is 5.27. The van der Waals surface area contributed by atoms with E-state index in [0.29, 0.717) is 23.2 Å². The lowest BCUT2D eigenvalue weighted by Gasteiger charge is -2.26. The Hall–Kier alpha value is -2.68. The molecule has 0 saturated carbocycles. The van der Waals surface area contributed by atoms with Gasteiger partial charge in [0.25, 0.3) is 0 Å². The van der Waals surface area contributed by atoms with E-state index in [2.05, 4.69) is 15.2 Å². The van der Waals surface area contributed by atoms with Gasteiger partial charge in [0, 0.05) is 36.6 Å². The fraction of sp³-hybridized carbons (Fsp3) is 0.318. The summed E-state index contributed by atoms with van der Waals surface area (Å²) in [5.41, 5.74) is 2.38. The average molecular weight is 430 g/mol. The number of benzene rings is 2. The Labute approximate surface area is 179 Å². The van der Waals surface area contributed by atoms with Gasteiger partial charge in [-0.25, -0.2) is 9.37 Å². The van der Waals surface area contributed by atoms with Crippen LogP contribution < -0.4 is 14.8 Å². The van der Waals surface area contributed by atoms with Crippen molar-refractivity contribution in [3.63, 3.8) is 0 Å². The number of nitrogens with one attached hydrogen (secondary N) is 1. The molecule has 158 valence electrons. The van der Waals surface area contributed by atoms with Crippen molar-refractivity contribution in [3.8, 4) is 22.8 Å². The summed E-state index contributed by atoms with van der Waals surface area (Å²) in [5.74, 6) is 1.07. The van der Waals surface area contributed by atoms with E-state index in [1.54, 1.807) is 13.2 Å². The number of nitrogens with zero attached hydrogens (tertiary/aromatic N) is 2. The zero-order valence-corrected chi connectivity index (χ0v) is 17.6. The van der Waals surface area contributed by atoms with Crippen molar-refractivity contribution in [2.45, 2.75) is 0 Å². The summed E-state index contributed by atoms with van der Waals surface area (Å²) in [4.78, 5) is 6.95. The number of hydrogen-bond acceptors (Lipinski definition) is 7. The zero-order valence-electron chi connectivity index (χ0n) is 16.8. The Kier molecular flexibility index (Phi) is 6.78. The molecule has 3 aromatic rings. The molecule has 2 heterocycles. The smallest absolute Gasteiger partial charge is 0.187 e. The van der Waals surface area contributed by atoms with E-state index in [4.69, 9.17) is 14.2 Å². The number of rotatable bonds is 8. The number of morpholine rings is 1. The third-order valence-electron chi connectivity index (χ3n) is 4.84. The van der Waals surface area contributed by atoms with Gasteiger partial charge >= 0.3 is 0 Å². The van der Waals surface area contributed by atoms with Gasteiger partial charge in [-0.1, -0.05) is 0 Å². The van der Waals surface area contributed by atoms with Gasteiger partial charge in [-0.3, -0.25) is 4.90 Å². The van der Waals surface area contributed by atoms with Crippen molar-refractivity contribution in [1.82, 2.24) is 9.88 Å². The maximum atomic E-state index is 13.6. The van der Waals surface area contributed by atoms with Crippen molar-refractivity contribution in [2.75, 3.05) is 51.9 Å². The molecule has 0 radical (unpaired) electrons. The summed E-state index contributed by atoms with van der Waals surface area (Å²) < 4.78 is 30.0. The third-order valence-corrected chi connectivity index (χ3v) is 5.60. The minimum absolute atomic E-state index is 0.334. The first-order valence-corrected chi connectivity index (χ1v) is 10.7. The quantitative estimate of drug-likeness (QED) is 0.572. The van der Waals surface area contributed by atoms with Crippen LogP contribution in [-0.4, -0.2) is 56.4 Å². The average Bonchev–Trinajstić information content (AvgIpc) is 3.24. The monoisotopic (exact) mass is 429 g/mol. The molecule has 1 N–H and O–H groups in total. The summed E-state index contributed by atoms with van der Waals surface area (Å²) in [6, 6.07) is 12.2. The van der Waals surface area contributed by atoms with Crippen molar-refractivity contribution >= 4 is 22.2 Å². The Bertz CT molecular complexity index is 959. The fourth-order valence-corrected chi connectivity index (χ4v) is 3.93. The summed E-state index contributed by atoms with van der Waals surface area (Å²) >= 11 is 1.45. The number of halogens is 1. The van der Waals surface area contributed by atoms with Crippen LogP contribution in [0.4, 0.5) is 15.2 Å². The molecule has 0 unspecified atom stereocenters. The number of hydrogen-bond donors (Lipinski definition) is 1. The minimum atomic E-state index is -0.334. The molecule has 1 aromatic heterocycles. The highest BCUT2D eigenvalue weighted by Gasteiger charge is 2.11. The molecule has 30 heavy (non-hydrogen) atoms. The summed E-state index contributed by atoms with van der Waals surface area (Å²) in [6.07, 6.45) is 0. The van der Waals surface area contributed by atoms with E-state index in [-0.39, 0.29) is 5.82 Å². The van der Waals surface area contributed by atoms with Crippen LogP contribution in [0.15, 0.2) is 47.8 Å². The molecule has 1 aliphatic heterocycles. The van der Waals surface area contributed by atoms with Crippen LogP contribution in [0.5, 0.6) is 11.5 Å². The van der Waals surface area contributed by atoms with Gasteiger partial charge in [-0.15, -0.1) is 11.3 Å². The Morgan fingerprint density at radius 2 is 1.97 bits per heavy atom. The van der Waals surface area contributed by atoms with Crippen LogP contribution in [0.2, 0.25) is 0 Å². The number of methoxy groups -OCH3 is 1. The highest BCUT2D eigenvalue weighted by molar-refractivity contribution is 7.14. The summed E-state index contributed by atoms with van der Waals surface area (Å²) in [6.45, 7) is 5.07. The van der Waals surface area contributed by atoms with Crippen LogP contribution in [0.25, 0.3) is 11.3 Å². The molecule has 0 spiro atoms. The van der Waals surface area contributed by atoms with Gasteiger partial charge in [0.2, 0.25) is 0 Å². The van der Waals surface area contributed by atoms with Gasteiger partial charge in [-0.2, -0.15) is 0 Å². The largest absolute Gasteiger partial charge is 0.495 e. The van der Waals surface area contributed by atoms with Gasteiger partial charge in [0.15, 0.2) is 5.13 Å². The van der Waals surface area contributed by atoms with Crippen LogP contribution in [0.1, 0.15) is 0 Å². The van der Waals surface area contributed by atoms with Crippen LogP contribution in [0.3, 0.4) is 0 Å². The molecule has 8 heteroatoms. The number of thiazole rings is 1. The van der Waals surface area contributed by atoms with E-state index in [1.165, 1.54) is 23.5 Å². The maximum absolute atomic E-state index is 13.6. The molecule has 1 saturated heterocycles. The lowest BCUT2D eigenvalue weighted by Crippen LogP contribution is -2.38.